The average molecular weight is 193 g/mol. The Morgan fingerprint density at radius 3 is 2.93 bits per heavy atom. The predicted octanol–water partition coefficient (Wildman–Crippen LogP) is 3.23. The number of rotatable bonds is 7. The molecule has 1 heterocycles. The second kappa shape index (κ2) is 6.63. The molecule has 0 fully saturated rings. The van der Waals surface area contributed by atoms with Crippen LogP contribution in [0.15, 0.2) is 12.3 Å². The first-order chi connectivity index (χ1) is 6.86. The van der Waals surface area contributed by atoms with Gasteiger partial charge in [-0.1, -0.05) is 33.1 Å². The largest absolute Gasteiger partial charge is 0.273 e. The number of aryl methyl sites for hydroxylation is 2. The normalized spacial score (nSPS) is 10.7. The van der Waals surface area contributed by atoms with Crippen LogP contribution in [0.5, 0.6) is 0 Å². The average Bonchev–Trinajstić information content (AvgIpc) is 2.61. The fourth-order valence-corrected chi connectivity index (χ4v) is 1.55. The molecule has 0 aliphatic rings. The highest BCUT2D eigenvalue weighted by atomic mass is 15.3. The lowest BCUT2D eigenvalue weighted by Gasteiger charge is -1.98. The van der Waals surface area contributed by atoms with Crippen molar-refractivity contribution < 1.29 is 0 Å². The number of aromatic nitrogens is 2. The molecule has 1 radical (unpaired) electrons. The monoisotopic (exact) mass is 193 g/mol. The molecule has 0 saturated heterocycles. The molecule has 0 spiro atoms. The van der Waals surface area contributed by atoms with E-state index in [4.69, 9.17) is 0 Å². The van der Waals surface area contributed by atoms with Gasteiger partial charge in [-0.25, -0.2) is 0 Å². The second-order valence-electron chi connectivity index (χ2n) is 3.73. The Hall–Kier alpha value is -0.790. The Balaban J connectivity index is 2.22. The second-order valence-corrected chi connectivity index (χ2v) is 3.73. The lowest BCUT2D eigenvalue weighted by atomic mass is 10.1. The zero-order chi connectivity index (χ0) is 10.2. The molecule has 0 amide bonds. The molecule has 0 atom stereocenters. The number of hydrogen-bond donors (Lipinski definition) is 0. The van der Waals surface area contributed by atoms with Crippen molar-refractivity contribution in [2.24, 2.45) is 0 Å². The highest BCUT2D eigenvalue weighted by Gasteiger charge is 1.97. The van der Waals surface area contributed by atoms with Gasteiger partial charge in [0.1, 0.15) is 0 Å². The van der Waals surface area contributed by atoms with Crippen LogP contribution in [-0.4, -0.2) is 9.78 Å². The van der Waals surface area contributed by atoms with Crippen LogP contribution < -0.4 is 0 Å². The standard InChI is InChI=1S/C12H21N2/c1-3-5-6-7-8-12-9-11-14(13-12)10-4-2/h9,11H,1,3-8,10H2,2H3. The van der Waals surface area contributed by atoms with E-state index in [-0.39, 0.29) is 0 Å². The minimum Gasteiger partial charge on any atom is -0.273 e. The van der Waals surface area contributed by atoms with E-state index in [9.17, 15) is 0 Å². The lowest BCUT2D eigenvalue weighted by Crippen LogP contribution is -1.98. The Morgan fingerprint density at radius 1 is 1.36 bits per heavy atom. The van der Waals surface area contributed by atoms with Crippen molar-refractivity contribution >= 4 is 0 Å². The highest BCUT2D eigenvalue weighted by Crippen LogP contribution is 2.05. The molecule has 0 saturated carbocycles. The number of nitrogens with zero attached hydrogens (tertiary/aromatic N) is 2. The molecule has 2 nitrogen and oxygen atoms in total. The van der Waals surface area contributed by atoms with E-state index < -0.39 is 0 Å². The quantitative estimate of drug-likeness (QED) is 0.608. The summed E-state index contributed by atoms with van der Waals surface area (Å²) in [5, 5.41) is 4.50. The van der Waals surface area contributed by atoms with Crippen LogP contribution in [0.25, 0.3) is 0 Å². The molecule has 0 aliphatic heterocycles. The van der Waals surface area contributed by atoms with Gasteiger partial charge in [-0.05, 0) is 25.3 Å². The first-order valence-electron chi connectivity index (χ1n) is 5.68. The van der Waals surface area contributed by atoms with Crippen molar-refractivity contribution in [2.45, 2.75) is 52.0 Å². The summed E-state index contributed by atoms with van der Waals surface area (Å²) in [5.41, 5.74) is 1.24. The molecule has 0 aliphatic carbocycles. The van der Waals surface area contributed by atoms with Crippen molar-refractivity contribution in [1.82, 2.24) is 9.78 Å². The minimum absolute atomic E-state index is 1.04. The summed E-state index contributed by atoms with van der Waals surface area (Å²) in [4.78, 5) is 0. The van der Waals surface area contributed by atoms with Gasteiger partial charge in [0.2, 0.25) is 0 Å². The fourth-order valence-electron chi connectivity index (χ4n) is 1.55. The summed E-state index contributed by atoms with van der Waals surface area (Å²) in [6, 6.07) is 2.14. The van der Waals surface area contributed by atoms with Crippen LogP contribution in [-0.2, 0) is 13.0 Å². The number of unbranched alkanes of at least 4 members (excludes halogenated alkanes) is 3. The van der Waals surface area contributed by atoms with Crippen LogP contribution in [0.3, 0.4) is 0 Å². The molecule has 1 rings (SSSR count). The topological polar surface area (TPSA) is 17.8 Å². The first kappa shape index (κ1) is 11.3. The van der Waals surface area contributed by atoms with Crippen molar-refractivity contribution in [3.05, 3.63) is 24.9 Å². The molecule has 14 heavy (non-hydrogen) atoms. The predicted molar refractivity (Wildman–Crippen MR) is 60.0 cm³/mol. The van der Waals surface area contributed by atoms with Crippen LogP contribution >= 0.6 is 0 Å². The number of hydrogen-bond acceptors (Lipinski definition) is 1. The molecular weight excluding hydrogens is 172 g/mol. The lowest BCUT2D eigenvalue weighted by molar-refractivity contribution is 0.587. The molecule has 2 heteroatoms. The molecular formula is C12H21N2. The summed E-state index contributed by atoms with van der Waals surface area (Å²) >= 11 is 0. The first-order valence-corrected chi connectivity index (χ1v) is 5.68. The van der Waals surface area contributed by atoms with Gasteiger partial charge in [-0.2, -0.15) is 5.10 Å². The van der Waals surface area contributed by atoms with Gasteiger partial charge in [0.05, 0.1) is 5.69 Å². The summed E-state index contributed by atoms with van der Waals surface area (Å²) < 4.78 is 2.04. The zero-order valence-electron chi connectivity index (χ0n) is 9.21. The zero-order valence-corrected chi connectivity index (χ0v) is 9.21. The fraction of sp³-hybridized carbons (Fsp3) is 0.667. The van der Waals surface area contributed by atoms with Gasteiger partial charge in [-0.3, -0.25) is 4.68 Å². The maximum Gasteiger partial charge on any atom is 0.0624 e. The summed E-state index contributed by atoms with van der Waals surface area (Å²) in [7, 11) is 0. The molecule has 0 unspecified atom stereocenters. The third-order valence-electron chi connectivity index (χ3n) is 2.33. The third-order valence-corrected chi connectivity index (χ3v) is 2.33. The van der Waals surface area contributed by atoms with E-state index in [2.05, 4.69) is 31.2 Å². The maximum absolute atomic E-state index is 4.50. The van der Waals surface area contributed by atoms with Crippen LogP contribution in [0, 0.1) is 6.92 Å². The molecule has 1 aromatic heterocycles. The molecule has 1 aromatic rings. The van der Waals surface area contributed by atoms with Crippen molar-refractivity contribution in [3.8, 4) is 0 Å². The summed E-state index contributed by atoms with van der Waals surface area (Å²) in [6.45, 7) is 7.06. The SMILES string of the molecule is [CH2]CCCCCc1ccn(CCC)n1. The van der Waals surface area contributed by atoms with Gasteiger partial charge in [0.15, 0.2) is 0 Å². The van der Waals surface area contributed by atoms with Crippen LogP contribution in [0.2, 0.25) is 0 Å². The van der Waals surface area contributed by atoms with Gasteiger partial charge in [-0.15, -0.1) is 0 Å². The van der Waals surface area contributed by atoms with E-state index in [1.807, 2.05) is 4.68 Å². The van der Waals surface area contributed by atoms with Gasteiger partial charge in [0.25, 0.3) is 0 Å². The molecule has 79 valence electrons. The Kier molecular flexibility index (Phi) is 5.35. The third kappa shape index (κ3) is 3.95. The Morgan fingerprint density at radius 2 is 2.21 bits per heavy atom. The highest BCUT2D eigenvalue weighted by molar-refractivity contribution is 4.98. The maximum atomic E-state index is 4.50. The van der Waals surface area contributed by atoms with E-state index in [0.29, 0.717) is 0 Å². The molecule has 0 N–H and O–H groups in total. The molecule has 0 bridgehead atoms. The summed E-state index contributed by atoms with van der Waals surface area (Å²) in [5.74, 6) is 0. The van der Waals surface area contributed by atoms with E-state index >= 15 is 0 Å². The summed E-state index contributed by atoms with van der Waals surface area (Å²) in [6.07, 6.45) is 9.20. The van der Waals surface area contributed by atoms with E-state index in [1.54, 1.807) is 0 Å². The van der Waals surface area contributed by atoms with Gasteiger partial charge in [0, 0.05) is 12.7 Å². The Labute approximate surface area is 87.3 Å². The van der Waals surface area contributed by atoms with Crippen molar-refractivity contribution in [1.29, 1.82) is 0 Å². The molecule has 0 aromatic carbocycles. The van der Waals surface area contributed by atoms with E-state index in [1.165, 1.54) is 25.0 Å². The van der Waals surface area contributed by atoms with Crippen molar-refractivity contribution in [3.63, 3.8) is 0 Å². The Bertz CT molecular complexity index is 240. The minimum atomic E-state index is 1.04. The van der Waals surface area contributed by atoms with Crippen LogP contribution in [0.1, 0.15) is 44.7 Å². The van der Waals surface area contributed by atoms with Gasteiger partial charge >= 0.3 is 0 Å². The van der Waals surface area contributed by atoms with E-state index in [0.717, 1.165) is 25.8 Å². The smallest absolute Gasteiger partial charge is 0.0624 e. The van der Waals surface area contributed by atoms with Gasteiger partial charge < -0.3 is 0 Å². The van der Waals surface area contributed by atoms with Crippen LogP contribution in [0.4, 0.5) is 0 Å². The van der Waals surface area contributed by atoms with Crippen molar-refractivity contribution in [2.75, 3.05) is 0 Å².